The van der Waals surface area contributed by atoms with Gasteiger partial charge in [0.05, 0.1) is 18.2 Å². The summed E-state index contributed by atoms with van der Waals surface area (Å²) < 4.78 is 5.20. The lowest BCUT2D eigenvalue weighted by Crippen LogP contribution is -2.22. The van der Waals surface area contributed by atoms with Crippen molar-refractivity contribution < 1.29 is 4.52 Å². The average Bonchev–Trinajstić information content (AvgIpc) is 2.94. The van der Waals surface area contributed by atoms with Crippen molar-refractivity contribution in [2.75, 3.05) is 7.05 Å². The molecule has 0 saturated heterocycles. The Labute approximate surface area is 118 Å². The minimum absolute atomic E-state index is 0.208. The third kappa shape index (κ3) is 3.22. The van der Waals surface area contributed by atoms with Gasteiger partial charge in [-0.25, -0.2) is 0 Å². The van der Waals surface area contributed by atoms with Crippen molar-refractivity contribution >= 4 is 0 Å². The molecule has 0 fully saturated rings. The molecule has 0 saturated carbocycles. The minimum atomic E-state index is 0.208. The molecule has 1 atom stereocenters. The van der Waals surface area contributed by atoms with Crippen molar-refractivity contribution in [2.45, 2.75) is 32.9 Å². The molecule has 2 rings (SSSR count). The topological polar surface area (TPSA) is 66.0 Å². The van der Waals surface area contributed by atoms with E-state index in [1.807, 2.05) is 38.2 Å². The first-order chi connectivity index (χ1) is 9.63. The summed E-state index contributed by atoms with van der Waals surface area (Å²) in [6, 6.07) is 9.96. The highest BCUT2D eigenvalue weighted by Gasteiger charge is 2.15. The highest BCUT2D eigenvalue weighted by Crippen LogP contribution is 2.20. The van der Waals surface area contributed by atoms with Gasteiger partial charge >= 0.3 is 0 Å². The smallest absolute Gasteiger partial charge is 0.240 e. The zero-order valence-electron chi connectivity index (χ0n) is 12.0. The van der Waals surface area contributed by atoms with E-state index in [-0.39, 0.29) is 6.04 Å². The Bertz CT molecular complexity index is 597. The van der Waals surface area contributed by atoms with E-state index in [9.17, 15) is 0 Å². The molecule has 1 aromatic carbocycles. The van der Waals surface area contributed by atoms with E-state index in [4.69, 9.17) is 9.78 Å². The van der Waals surface area contributed by atoms with Crippen LogP contribution >= 0.6 is 0 Å². The first-order valence-electron chi connectivity index (χ1n) is 6.65. The van der Waals surface area contributed by atoms with Gasteiger partial charge in [0.1, 0.15) is 0 Å². The SMILES string of the molecule is CCc1noc(CN(C)C(C)c2ccc(C#N)cc2)n1. The molecule has 0 amide bonds. The third-order valence-electron chi connectivity index (χ3n) is 3.39. The molecule has 2 aromatic rings. The van der Waals surface area contributed by atoms with Crippen LogP contribution in [0.2, 0.25) is 0 Å². The Morgan fingerprint density at radius 3 is 2.60 bits per heavy atom. The fourth-order valence-corrected chi connectivity index (χ4v) is 1.94. The van der Waals surface area contributed by atoms with Crippen molar-refractivity contribution in [2.24, 2.45) is 0 Å². The molecule has 0 aliphatic carbocycles. The molecule has 0 aliphatic rings. The van der Waals surface area contributed by atoms with Crippen LogP contribution in [0.3, 0.4) is 0 Å². The predicted octanol–water partition coefficient (Wildman–Crippen LogP) is 2.70. The van der Waals surface area contributed by atoms with Gasteiger partial charge in [0, 0.05) is 12.5 Å². The van der Waals surface area contributed by atoms with Gasteiger partial charge in [-0.15, -0.1) is 0 Å². The van der Waals surface area contributed by atoms with Crippen molar-refractivity contribution in [1.29, 1.82) is 5.26 Å². The van der Waals surface area contributed by atoms with Gasteiger partial charge in [-0.2, -0.15) is 10.2 Å². The number of hydrogen-bond donors (Lipinski definition) is 0. The summed E-state index contributed by atoms with van der Waals surface area (Å²) in [7, 11) is 2.01. The minimum Gasteiger partial charge on any atom is -0.338 e. The van der Waals surface area contributed by atoms with E-state index in [1.165, 1.54) is 0 Å². The molecule has 0 N–H and O–H groups in total. The third-order valence-corrected chi connectivity index (χ3v) is 3.39. The van der Waals surface area contributed by atoms with Gasteiger partial charge in [0.15, 0.2) is 5.82 Å². The van der Waals surface area contributed by atoms with Crippen LogP contribution in [0.4, 0.5) is 0 Å². The maximum absolute atomic E-state index is 8.81. The van der Waals surface area contributed by atoms with Crippen LogP contribution in [0.25, 0.3) is 0 Å². The van der Waals surface area contributed by atoms with E-state index in [0.29, 0.717) is 18.0 Å². The van der Waals surface area contributed by atoms with Crippen LogP contribution in [0.1, 0.15) is 42.7 Å². The van der Waals surface area contributed by atoms with Crippen LogP contribution in [-0.4, -0.2) is 22.1 Å². The highest BCUT2D eigenvalue weighted by molar-refractivity contribution is 5.32. The molecule has 104 valence electrons. The molecule has 0 spiro atoms. The van der Waals surface area contributed by atoms with Crippen molar-refractivity contribution in [1.82, 2.24) is 15.0 Å². The van der Waals surface area contributed by atoms with Gasteiger partial charge in [-0.3, -0.25) is 4.90 Å². The maximum Gasteiger partial charge on any atom is 0.240 e. The lowest BCUT2D eigenvalue weighted by Gasteiger charge is -2.23. The van der Waals surface area contributed by atoms with Crippen LogP contribution < -0.4 is 0 Å². The largest absolute Gasteiger partial charge is 0.338 e. The number of aromatic nitrogens is 2. The van der Waals surface area contributed by atoms with Crippen LogP contribution in [0.5, 0.6) is 0 Å². The number of hydrogen-bond acceptors (Lipinski definition) is 5. The Hall–Kier alpha value is -2.19. The molecule has 5 heteroatoms. The van der Waals surface area contributed by atoms with Gasteiger partial charge in [-0.05, 0) is 31.7 Å². The van der Waals surface area contributed by atoms with Crippen molar-refractivity contribution in [3.05, 3.63) is 47.1 Å². The van der Waals surface area contributed by atoms with Gasteiger partial charge in [0.25, 0.3) is 0 Å². The zero-order valence-corrected chi connectivity index (χ0v) is 12.0. The normalized spacial score (nSPS) is 12.3. The number of nitrogens with zero attached hydrogens (tertiary/aromatic N) is 4. The van der Waals surface area contributed by atoms with E-state index in [2.05, 4.69) is 28.0 Å². The molecule has 0 aliphatic heterocycles. The predicted molar refractivity (Wildman–Crippen MR) is 74.7 cm³/mol. The molecule has 0 bridgehead atoms. The number of benzene rings is 1. The molecular formula is C15H18N4O. The first-order valence-corrected chi connectivity index (χ1v) is 6.65. The molecule has 20 heavy (non-hydrogen) atoms. The summed E-state index contributed by atoms with van der Waals surface area (Å²) >= 11 is 0. The number of nitriles is 1. The van der Waals surface area contributed by atoms with Gasteiger partial charge < -0.3 is 4.52 Å². The van der Waals surface area contributed by atoms with Crippen LogP contribution in [0, 0.1) is 11.3 Å². The van der Waals surface area contributed by atoms with Crippen molar-refractivity contribution in [3.63, 3.8) is 0 Å². The van der Waals surface area contributed by atoms with E-state index >= 15 is 0 Å². The fourth-order valence-electron chi connectivity index (χ4n) is 1.94. The second-order valence-electron chi connectivity index (χ2n) is 4.78. The quantitative estimate of drug-likeness (QED) is 0.835. The number of aryl methyl sites for hydroxylation is 1. The fraction of sp³-hybridized carbons (Fsp3) is 0.400. The van der Waals surface area contributed by atoms with E-state index < -0.39 is 0 Å². The molecule has 1 unspecified atom stereocenters. The Morgan fingerprint density at radius 1 is 1.35 bits per heavy atom. The molecule has 5 nitrogen and oxygen atoms in total. The second-order valence-corrected chi connectivity index (χ2v) is 4.78. The highest BCUT2D eigenvalue weighted by atomic mass is 16.5. The Morgan fingerprint density at radius 2 is 2.05 bits per heavy atom. The molecule has 0 radical (unpaired) electrons. The summed E-state index contributed by atoms with van der Waals surface area (Å²) in [5.41, 5.74) is 1.83. The van der Waals surface area contributed by atoms with E-state index in [0.717, 1.165) is 17.8 Å². The molecule has 1 heterocycles. The standard InChI is InChI=1S/C15H18N4O/c1-4-14-17-15(20-18-14)10-19(3)11(2)13-7-5-12(9-16)6-8-13/h5-8,11H,4,10H2,1-3H3. The van der Waals surface area contributed by atoms with Crippen molar-refractivity contribution in [3.8, 4) is 6.07 Å². The summed E-state index contributed by atoms with van der Waals surface area (Å²) in [5.74, 6) is 1.37. The summed E-state index contributed by atoms with van der Waals surface area (Å²) in [5, 5.41) is 12.7. The first kappa shape index (κ1) is 14.2. The van der Waals surface area contributed by atoms with Gasteiger partial charge in [0.2, 0.25) is 5.89 Å². The van der Waals surface area contributed by atoms with E-state index in [1.54, 1.807) is 0 Å². The van der Waals surface area contributed by atoms with Gasteiger partial charge in [-0.1, -0.05) is 24.2 Å². The Kier molecular flexibility index (Phi) is 4.49. The van der Waals surface area contributed by atoms with Crippen LogP contribution in [0.15, 0.2) is 28.8 Å². The summed E-state index contributed by atoms with van der Waals surface area (Å²) in [6.07, 6.45) is 0.776. The summed E-state index contributed by atoms with van der Waals surface area (Å²) in [4.78, 5) is 6.44. The number of rotatable bonds is 5. The molecular weight excluding hydrogens is 252 g/mol. The maximum atomic E-state index is 8.81. The average molecular weight is 270 g/mol. The molecule has 1 aromatic heterocycles. The zero-order chi connectivity index (χ0) is 14.5. The lowest BCUT2D eigenvalue weighted by molar-refractivity contribution is 0.216. The monoisotopic (exact) mass is 270 g/mol. The summed E-state index contributed by atoms with van der Waals surface area (Å²) in [6.45, 7) is 4.71. The Balaban J connectivity index is 2.03. The lowest BCUT2D eigenvalue weighted by atomic mass is 10.1. The van der Waals surface area contributed by atoms with Crippen LogP contribution in [-0.2, 0) is 13.0 Å². The second kappa shape index (κ2) is 6.31.